The summed E-state index contributed by atoms with van der Waals surface area (Å²) < 4.78 is 7.56. The smallest absolute Gasteiger partial charge is 0.259 e. The summed E-state index contributed by atoms with van der Waals surface area (Å²) in [6.07, 6.45) is 15.3. The zero-order valence-corrected chi connectivity index (χ0v) is 26.3. The van der Waals surface area contributed by atoms with Crippen LogP contribution >= 0.6 is 0 Å². The lowest BCUT2D eigenvalue weighted by molar-refractivity contribution is 0.0326. The van der Waals surface area contributed by atoms with Crippen molar-refractivity contribution in [1.82, 2.24) is 24.6 Å². The summed E-state index contributed by atoms with van der Waals surface area (Å²) in [4.78, 5) is 33.8. The molecule has 1 aliphatic heterocycles. The number of aliphatic hydroxyl groups excluding tert-OH is 1. The summed E-state index contributed by atoms with van der Waals surface area (Å²) in [5.74, 6) is 0.0199. The Bertz CT molecular complexity index is 1460. The Morgan fingerprint density at radius 1 is 1.12 bits per heavy atom. The van der Waals surface area contributed by atoms with Gasteiger partial charge in [0.25, 0.3) is 11.5 Å². The highest BCUT2D eigenvalue weighted by molar-refractivity contribution is 6.07. The topological polar surface area (TPSA) is 104 Å². The first-order valence-electron chi connectivity index (χ1n) is 16.1. The molecule has 0 radical (unpaired) electrons. The van der Waals surface area contributed by atoms with Gasteiger partial charge in [0, 0.05) is 43.7 Å². The molecule has 3 heterocycles. The number of rotatable bonds is 10. The molecule has 2 fully saturated rings. The molecular formula is C34H49N5O4. The van der Waals surface area contributed by atoms with E-state index in [9.17, 15) is 14.7 Å². The highest BCUT2D eigenvalue weighted by Gasteiger charge is 2.26. The van der Waals surface area contributed by atoms with E-state index in [0.29, 0.717) is 43.7 Å². The number of aryl methyl sites for hydroxylation is 1. The third-order valence-electron chi connectivity index (χ3n) is 8.46. The molecule has 1 aromatic carbocycles. The molecule has 9 nitrogen and oxygen atoms in total. The van der Waals surface area contributed by atoms with Crippen molar-refractivity contribution in [2.75, 3.05) is 45.9 Å². The van der Waals surface area contributed by atoms with E-state index in [1.807, 2.05) is 73.7 Å². The van der Waals surface area contributed by atoms with Crippen molar-refractivity contribution in [3.8, 4) is 0 Å². The first-order chi connectivity index (χ1) is 21.0. The van der Waals surface area contributed by atoms with Crippen LogP contribution in [-0.4, -0.2) is 87.6 Å². The monoisotopic (exact) mass is 591 g/mol. The molecule has 2 N–H and O–H groups in total. The van der Waals surface area contributed by atoms with Gasteiger partial charge >= 0.3 is 0 Å². The van der Waals surface area contributed by atoms with E-state index in [1.165, 1.54) is 19.3 Å². The Kier molecular flexibility index (Phi) is 12.1. The van der Waals surface area contributed by atoms with Crippen LogP contribution in [0.2, 0.25) is 0 Å². The van der Waals surface area contributed by atoms with Crippen molar-refractivity contribution in [3.05, 3.63) is 64.1 Å². The van der Waals surface area contributed by atoms with E-state index >= 15 is 0 Å². The minimum absolute atomic E-state index is 0.0199. The Morgan fingerprint density at radius 3 is 2.58 bits per heavy atom. The Morgan fingerprint density at radius 2 is 1.86 bits per heavy atom. The molecule has 1 saturated heterocycles. The third-order valence-corrected chi connectivity index (χ3v) is 8.46. The van der Waals surface area contributed by atoms with Crippen LogP contribution in [0.4, 0.5) is 0 Å². The lowest BCUT2D eigenvalue weighted by Crippen LogP contribution is -2.49. The molecule has 1 unspecified atom stereocenters. The summed E-state index contributed by atoms with van der Waals surface area (Å²) in [7, 11) is 0. The van der Waals surface area contributed by atoms with Crippen molar-refractivity contribution in [2.45, 2.75) is 78.4 Å². The van der Waals surface area contributed by atoms with Gasteiger partial charge in [-0.05, 0) is 50.8 Å². The van der Waals surface area contributed by atoms with E-state index in [0.717, 1.165) is 54.5 Å². The largest absolute Gasteiger partial charge is 0.391 e. The number of carbonyl (C=O) groups is 1. The van der Waals surface area contributed by atoms with Crippen LogP contribution in [-0.2, 0) is 4.74 Å². The second-order valence-corrected chi connectivity index (χ2v) is 11.4. The number of nitrogens with one attached hydrogen (secondary N) is 1. The van der Waals surface area contributed by atoms with Crippen LogP contribution in [0, 0.1) is 6.92 Å². The van der Waals surface area contributed by atoms with Crippen molar-refractivity contribution in [3.63, 3.8) is 0 Å². The van der Waals surface area contributed by atoms with Gasteiger partial charge in [0.1, 0.15) is 0 Å². The molecule has 2 aliphatic rings. The molecule has 1 atom stereocenters. The fourth-order valence-corrected chi connectivity index (χ4v) is 6.10. The van der Waals surface area contributed by atoms with Crippen LogP contribution < -0.4 is 5.56 Å². The van der Waals surface area contributed by atoms with E-state index < -0.39 is 6.10 Å². The van der Waals surface area contributed by atoms with Crippen molar-refractivity contribution >= 4 is 27.7 Å². The Labute approximate surface area is 255 Å². The van der Waals surface area contributed by atoms with E-state index in [2.05, 4.69) is 15.0 Å². The summed E-state index contributed by atoms with van der Waals surface area (Å²) in [5.41, 5.74) is 2.97. The number of fused-ring (bicyclic) bond motifs is 3. The number of aromatic amines is 1. The van der Waals surface area contributed by atoms with Crippen molar-refractivity contribution < 1.29 is 14.6 Å². The average Bonchev–Trinajstić information content (AvgIpc) is 3.49. The number of aliphatic hydroxyl groups is 1. The van der Waals surface area contributed by atoms with Gasteiger partial charge in [-0.15, -0.1) is 0 Å². The Hall–Kier alpha value is -3.27. The number of piperazine rings is 1. The van der Waals surface area contributed by atoms with E-state index in [4.69, 9.17) is 4.74 Å². The van der Waals surface area contributed by atoms with Gasteiger partial charge in [-0.1, -0.05) is 57.4 Å². The molecule has 0 bridgehead atoms. The second kappa shape index (κ2) is 16.0. The number of hydrogen-bond donors (Lipinski definition) is 2. The number of hydrogen-bond acceptors (Lipinski definition) is 6. The van der Waals surface area contributed by atoms with Gasteiger partial charge in [-0.25, -0.2) is 0 Å². The number of H-pyrrole nitrogens is 1. The third kappa shape index (κ3) is 8.02. The number of pyridine rings is 1. The molecule has 0 spiro atoms. The molecule has 43 heavy (non-hydrogen) atoms. The van der Waals surface area contributed by atoms with Crippen LogP contribution in [0.1, 0.15) is 81.3 Å². The van der Waals surface area contributed by atoms with Crippen LogP contribution in [0.25, 0.3) is 21.8 Å². The fraction of sp³-hybridized carbons (Fsp3) is 0.559. The van der Waals surface area contributed by atoms with E-state index in [1.54, 1.807) is 6.20 Å². The molecule has 234 valence electrons. The predicted molar refractivity (Wildman–Crippen MR) is 174 cm³/mol. The van der Waals surface area contributed by atoms with Crippen molar-refractivity contribution in [2.24, 2.45) is 0 Å². The average molecular weight is 592 g/mol. The Balaban J connectivity index is 0.00000207. The number of ether oxygens (including phenoxy) is 1. The quantitative estimate of drug-likeness (QED) is 0.243. The molecule has 3 aromatic rings. The zero-order valence-electron chi connectivity index (χ0n) is 26.3. The van der Waals surface area contributed by atoms with Gasteiger partial charge in [-0.3, -0.25) is 19.2 Å². The zero-order chi connectivity index (χ0) is 30.8. The van der Waals surface area contributed by atoms with Gasteiger partial charge in [-0.2, -0.15) is 5.10 Å². The number of aromatic nitrogens is 3. The maximum Gasteiger partial charge on any atom is 0.259 e. The number of amides is 1. The van der Waals surface area contributed by atoms with Crippen LogP contribution in [0.5, 0.6) is 0 Å². The van der Waals surface area contributed by atoms with Gasteiger partial charge < -0.3 is 19.7 Å². The maximum absolute atomic E-state index is 13.7. The normalized spacial score (nSPS) is 17.7. The second-order valence-electron chi connectivity index (χ2n) is 11.4. The first-order valence-corrected chi connectivity index (χ1v) is 16.1. The number of carbonyl (C=O) groups excluding carboxylic acids is 1. The fourth-order valence-electron chi connectivity index (χ4n) is 6.10. The number of nitrogens with zero attached hydrogens (tertiary/aromatic N) is 4. The van der Waals surface area contributed by atoms with Crippen LogP contribution in [0.15, 0.2) is 47.4 Å². The highest BCUT2D eigenvalue weighted by atomic mass is 16.5. The van der Waals surface area contributed by atoms with E-state index in [-0.39, 0.29) is 17.5 Å². The lowest BCUT2D eigenvalue weighted by atomic mass is 9.95. The molecule has 9 heteroatoms. The summed E-state index contributed by atoms with van der Waals surface area (Å²) in [6.45, 7) is 12.3. The summed E-state index contributed by atoms with van der Waals surface area (Å²) in [5, 5.41) is 16.4. The summed E-state index contributed by atoms with van der Waals surface area (Å²) in [6, 6.07) is 4.17. The van der Waals surface area contributed by atoms with Crippen molar-refractivity contribution in [1.29, 1.82) is 0 Å². The first kappa shape index (κ1) is 32.6. The number of benzene rings is 1. The minimum Gasteiger partial charge on any atom is -0.391 e. The predicted octanol–water partition coefficient (Wildman–Crippen LogP) is 5.38. The minimum atomic E-state index is -0.504. The molecule has 5 rings (SSSR count). The molecule has 2 aromatic heterocycles. The van der Waals surface area contributed by atoms with Crippen LogP contribution in [0.3, 0.4) is 0 Å². The SMILES string of the molecule is C/C=C\C=C/COCC(O)CCN1CCN(C(=O)c2cc3c(cc2C)[nH]c(=O)c2cnn(C4CCCCC4)c23)CC1.CC. The van der Waals surface area contributed by atoms with Gasteiger partial charge in [0.05, 0.1) is 48.0 Å². The maximum atomic E-state index is 13.7. The summed E-state index contributed by atoms with van der Waals surface area (Å²) >= 11 is 0. The lowest BCUT2D eigenvalue weighted by Gasteiger charge is -2.35. The van der Waals surface area contributed by atoms with Gasteiger partial charge in [0.2, 0.25) is 0 Å². The molecule has 1 aliphatic carbocycles. The molecular weight excluding hydrogens is 542 g/mol. The molecule has 1 saturated carbocycles. The standard InChI is InChI=1S/C32H43N5O4.C2H6/c1-3-4-5-9-18-41-22-25(38)12-13-35-14-16-36(17-15-35)32(40)26-20-27-29(19-23(26)2)34-31(39)28-21-33-37(30(27)28)24-10-7-6-8-11-24;1-2/h3-5,9,19-21,24-25,38H,6-8,10-18,22H2,1-2H3,(H,34,39);1-2H3/b4-3-,9-5-;. The highest BCUT2D eigenvalue weighted by Crippen LogP contribution is 2.33. The van der Waals surface area contributed by atoms with Gasteiger partial charge in [0.15, 0.2) is 0 Å². The molecule has 1 amide bonds. The number of allylic oxidation sites excluding steroid dienone is 3.